The lowest BCUT2D eigenvalue weighted by molar-refractivity contribution is -0.142. The van der Waals surface area contributed by atoms with E-state index in [1.54, 1.807) is 12.1 Å². The number of halogens is 1. The Balaban J connectivity index is 2.27. The number of likely N-dealkylation sites (N-methyl/N-ethyl adjacent to an activating group) is 1. The van der Waals surface area contributed by atoms with Crippen molar-refractivity contribution in [2.75, 3.05) is 33.4 Å². The van der Waals surface area contributed by atoms with Crippen LogP contribution in [0.1, 0.15) is 9.67 Å². The van der Waals surface area contributed by atoms with Crippen LogP contribution in [0, 0.1) is 0 Å². The van der Waals surface area contributed by atoms with Crippen LogP contribution < -0.4 is 5.32 Å². The molecule has 0 saturated carbocycles. The third-order valence-electron chi connectivity index (χ3n) is 2.31. The molecule has 0 bridgehead atoms. The summed E-state index contributed by atoms with van der Waals surface area (Å²) in [5.41, 5.74) is 0. The summed E-state index contributed by atoms with van der Waals surface area (Å²) < 4.78 is 5.62. The average Bonchev–Trinajstić information content (AvgIpc) is 2.83. The van der Waals surface area contributed by atoms with Gasteiger partial charge in [0.15, 0.2) is 0 Å². The van der Waals surface area contributed by atoms with E-state index in [1.807, 2.05) is 0 Å². The molecule has 0 atom stereocenters. The minimum atomic E-state index is -1.06. The van der Waals surface area contributed by atoms with Gasteiger partial charge in [-0.05, 0) is 28.1 Å². The zero-order chi connectivity index (χ0) is 15.8. The van der Waals surface area contributed by atoms with Crippen LogP contribution in [0.5, 0.6) is 0 Å². The number of nitrogens with one attached hydrogen (secondary N) is 1. The number of nitrogens with zero attached hydrogens (tertiary/aromatic N) is 1. The van der Waals surface area contributed by atoms with Crippen molar-refractivity contribution in [2.24, 2.45) is 0 Å². The predicted octanol–water partition coefficient (Wildman–Crippen LogP) is 0.800. The molecule has 0 fully saturated rings. The summed E-state index contributed by atoms with van der Waals surface area (Å²) in [7, 11) is 1.54. The Labute approximate surface area is 134 Å². The van der Waals surface area contributed by atoms with E-state index in [2.05, 4.69) is 21.2 Å². The maximum absolute atomic E-state index is 12.0. The smallest absolute Gasteiger partial charge is 0.329 e. The first kappa shape index (κ1) is 17.6. The Hall–Kier alpha value is -1.45. The van der Waals surface area contributed by atoms with Crippen LogP contribution in [0.4, 0.5) is 0 Å². The molecule has 0 saturated heterocycles. The van der Waals surface area contributed by atoms with E-state index in [0.29, 0.717) is 4.88 Å². The van der Waals surface area contributed by atoms with Gasteiger partial charge in [0, 0.05) is 13.6 Å². The molecule has 0 aliphatic heterocycles. The normalized spacial score (nSPS) is 10.2. The summed E-state index contributed by atoms with van der Waals surface area (Å²) in [5, 5.41) is 10.9. The Morgan fingerprint density at radius 2 is 2.14 bits per heavy atom. The average molecular weight is 379 g/mol. The highest BCUT2D eigenvalue weighted by Crippen LogP contribution is 2.22. The number of thiophene rings is 1. The molecule has 1 aromatic heterocycles. The number of amides is 2. The highest BCUT2D eigenvalue weighted by Gasteiger charge is 2.16. The zero-order valence-corrected chi connectivity index (χ0v) is 13.7. The molecule has 0 radical (unpaired) electrons. The van der Waals surface area contributed by atoms with Crippen molar-refractivity contribution < 1.29 is 24.2 Å². The molecular weight excluding hydrogens is 364 g/mol. The van der Waals surface area contributed by atoms with Gasteiger partial charge in [0.1, 0.15) is 6.61 Å². The van der Waals surface area contributed by atoms with Gasteiger partial charge >= 0.3 is 5.97 Å². The van der Waals surface area contributed by atoms with Crippen molar-refractivity contribution in [3.05, 3.63) is 20.8 Å². The summed E-state index contributed by atoms with van der Waals surface area (Å²) >= 11 is 4.57. The lowest BCUT2D eigenvalue weighted by Gasteiger charge is -2.15. The molecule has 0 unspecified atom stereocenters. The summed E-state index contributed by atoms with van der Waals surface area (Å²) in [4.78, 5) is 35.6. The first-order valence-electron chi connectivity index (χ1n) is 5.97. The molecule has 9 heteroatoms. The molecule has 0 spiro atoms. The van der Waals surface area contributed by atoms with Crippen LogP contribution in [-0.2, 0) is 14.3 Å². The van der Waals surface area contributed by atoms with Gasteiger partial charge in [0.05, 0.1) is 21.8 Å². The number of hydrogen-bond donors (Lipinski definition) is 2. The molecule has 0 aliphatic carbocycles. The van der Waals surface area contributed by atoms with Crippen LogP contribution >= 0.6 is 27.3 Å². The SMILES string of the molecule is CN(CC(=O)NCCOCC(=O)O)C(=O)c1ccc(Br)s1. The van der Waals surface area contributed by atoms with Gasteiger partial charge in [0.2, 0.25) is 5.91 Å². The van der Waals surface area contributed by atoms with Crippen molar-refractivity contribution >= 4 is 45.1 Å². The maximum Gasteiger partial charge on any atom is 0.329 e. The van der Waals surface area contributed by atoms with Crippen molar-refractivity contribution in [1.82, 2.24) is 10.2 Å². The number of carboxylic acids is 1. The van der Waals surface area contributed by atoms with E-state index in [4.69, 9.17) is 9.84 Å². The number of carbonyl (C=O) groups is 3. The van der Waals surface area contributed by atoms with Gasteiger partial charge in [-0.2, -0.15) is 0 Å². The Bertz CT molecular complexity index is 520. The fraction of sp³-hybridized carbons (Fsp3) is 0.417. The van der Waals surface area contributed by atoms with Crippen LogP contribution in [0.3, 0.4) is 0 Å². The standard InChI is InChI=1S/C12H15BrN2O5S/c1-15(12(19)8-2-3-9(13)21-8)6-10(16)14-4-5-20-7-11(17)18/h2-3H,4-7H2,1H3,(H,14,16)(H,17,18). The Kier molecular flexibility index (Phi) is 7.34. The second-order valence-corrected chi connectivity index (χ2v) is 6.52. The lowest BCUT2D eigenvalue weighted by atomic mass is 10.4. The van der Waals surface area contributed by atoms with E-state index in [9.17, 15) is 14.4 Å². The molecule has 0 aliphatic rings. The molecule has 116 valence electrons. The third kappa shape index (κ3) is 6.69. The quantitative estimate of drug-likeness (QED) is 0.652. The molecule has 21 heavy (non-hydrogen) atoms. The van der Waals surface area contributed by atoms with Gasteiger partial charge in [-0.3, -0.25) is 9.59 Å². The van der Waals surface area contributed by atoms with Gasteiger partial charge in [-0.25, -0.2) is 4.79 Å². The number of carboxylic acid groups (broad SMARTS) is 1. The number of carbonyl (C=O) groups excluding carboxylic acids is 2. The van der Waals surface area contributed by atoms with Gasteiger partial charge in [-0.15, -0.1) is 11.3 Å². The number of ether oxygens (including phenoxy) is 1. The molecule has 1 rings (SSSR count). The summed E-state index contributed by atoms with van der Waals surface area (Å²) in [6.07, 6.45) is 0. The predicted molar refractivity (Wildman–Crippen MR) is 80.4 cm³/mol. The van der Waals surface area contributed by atoms with Crippen LogP contribution in [0.15, 0.2) is 15.9 Å². The minimum Gasteiger partial charge on any atom is -0.480 e. The second kappa shape index (κ2) is 8.75. The van der Waals surface area contributed by atoms with E-state index in [1.165, 1.54) is 23.3 Å². The second-order valence-electron chi connectivity index (χ2n) is 4.06. The summed E-state index contributed by atoms with van der Waals surface area (Å²) in [5.74, 6) is -1.63. The molecule has 1 aromatic rings. The lowest BCUT2D eigenvalue weighted by Crippen LogP contribution is -2.39. The topological polar surface area (TPSA) is 95.9 Å². The number of hydrogen-bond acceptors (Lipinski definition) is 5. The van der Waals surface area contributed by atoms with E-state index in [0.717, 1.165) is 3.79 Å². The van der Waals surface area contributed by atoms with Crippen molar-refractivity contribution in [2.45, 2.75) is 0 Å². The monoisotopic (exact) mass is 378 g/mol. The van der Waals surface area contributed by atoms with Gasteiger partial charge in [0.25, 0.3) is 5.91 Å². The van der Waals surface area contributed by atoms with Crippen molar-refractivity contribution in [1.29, 1.82) is 0 Å². The summed E-state index contributed by atoms with van der Waals surface area (Å²) in [6, 6.07) is 3.46. The van der Waals surface area contributed by atoms with E-state index >= 15 is 0 Å². The van der Waals surface area contributed by atoms with Crippen LogP contribution in [0.25, 0.3) is 0 Å². The molecule has 2 amide bonds. The summed E-state index contributed by atoms with van der Waals surface area (Å²) in [6.45, 7) is -0.180. The molecule has 1 heterocycles. The Morgan fingerprint density at radius 3 is 2.71 bits per heavy atom. The minimum absolute atomic E-state index is 0.0761. The van der Waals surface area contributed by atoms with Gasteiger partial charge in [-0.1, -0.05) is 0 Å². The van der Waals surface area contributed by atoms with Gasteiger partial charge < -0.3 is 20.1 Å². The van der Waals surface area contributed by atoms with Crippen LogP contribution in [0.2, 0.25) is 0 Å². The highest BCUT2D eigenvalue weighted by atomic mass is 79.9. The zero-order valence-electron chi connectivity index (χ0n) is 11.3. The highest BCUT2D eigenvalue weighted by molar-refractivity contribution is 9.11. The first-order valence-corrected chi connectivity index (χ1v) is 7.58. The van der Waals surface area contributed by atoms with E-state index in [-0.39, 0.29) is 31.5 Å². The first-order chi connectivity index (χ1) is 9.90. The van der Waals surface area contributed by atoms with E-state index < -0.39 is 12.6 Å². The molecule has 2 N–H and O–H groups in total. The Morgan fingerprint density at radius 1 is 1.43 bits per heavy atom. The molecular formula is C12H15BrN2O5S. The van der Waals surface area contributed by atoms with Crippen LogP contribution in [-0.4, -0.2) is 61.1 Å². The largest absolute Gasteiger partial charge is 0.480 e. The number of aliphatic carboxylic acids is 1. The molecule has 7 nitrogen and oxygen atoms in total. The number of rotatable bonds is 8. The molecule has 0 aromatic carbocycles. The third-order valence-corrected chi connectivity index (χ3v) is 3.92. The maximum atomic E-state index is 12.0. The van der Waals surface area contributed by atoms with Crippen molar-refractivity contribution in [3.8, 4) is 0 Å². The fourth-order valence-electron chi connectivity index (χ4n) is 1.38. The van der Waals surface area contributed by atoms with Crippen molar-refractivity contribution in [3.63, 3.8) is 0 Å². The fourth-order valence-corrected chi connectivity index (χ4v) is 2.76.